The second kappa shape index (κ2) is 9.60. The molecule has 35 heavy (non-hydrogen) atoms. The summed E-state index contributed by atoms with van der Waals surface area (Å²) >= 11 is 0. The molecule has 1 amide bonds. The zero-order valence-corrected chi connectivity index (χ0v) is 19.2. The number of fused-ring (bicyclic) bond motifs is 1. The van der Waals surface area contributed by atoms with Crippen LogP contribution in [0.1, 0.15) is 37.7 Å². The molecule has 1 aliphatic carbocycles. The van der Waals surface area contributed by atoms with Gasteiger partial charge >= 0.3 is 12.3 Å². The monoisotopic (exact) mass is 491 g/mol. The molecule has 1 atom stereocenters. The highest BCUT2D eigenvalue weighted by Crippen LogP contribution is 2.35. The van der Waals surface area contributed by atoms with Gasteiger partial charge in [-0.15, -0.1) is 0 Å². The fourth-order valence-corrected chi connectivity index (χ4v) is 5.49. The summed E-state index contributed by atoms with van der Waals surface area (Å²) in [5.74, 6) is 0.943. The lowest BCUT2D eigenvalue weighted by atomic mass is 9.80. The van der Waals surface area contributed by atoms with Crippen LogP contribution < -0.4 is 10.6 Å². The molecule has 1 aromatic heterocycles. The van der Waals surface area contributed by atoms with Crippen molar-refractivity contribution in [2.24, 2.45) is 11.8 Å². The van der Waals surface area contributed by atoms with E-state index in [4.69, 9.17) is 4.74 Å². The summed E-state index contributed by atoms with van der Waals surface area (Å²) in [5.41, 5.74) is -0.395. The number of hydrogen-bond donors (Lipinski definition) is 2. The van der Waals surface area contributed by atoms with E-state index in [0.29, 0.717) is 36.4 Å². The maximum Gasteiger partial charge on any atom is 0.416 e. The van der Waals surface area contributed by atoms with Crippen LogP contribution >= 0.6 is 0 Å². The van der Waals surface area contributed by atoms with Crippen LogP contribution in [0.25, 0.3) is 10.9 Å². The number of aromatic nitrogens is 2. The fourth-order valence-electron chi connectivity index (χ4n) is 5.49. The summed E-state index contributed by atoms with van der Waals surface area (Å²) in [6.45, 7) is 2.38. The third kappa shape index (κ3) is 5.34. The second-order valence-electron chi connectivity index (χ2n) is 9.76. The van der Waals surface area contributed by atoms with Crippen molar-refractivity contribution < 1.29 is 27.5 Å². The number of alkyl carbamates (subject to hydrolysis) is 1. The summed E-state index contributed by atoms with van der Waals surface area (Å²) in [7, 11) is 0. The zero-order chi connectivity index (χ0) is 24.6. The average Bonchev–Trinajstić information content (AvgIpc) is 3.25. The van der Waals surface area contributed by atoms with Crippen LogP contribution in [-0.2, 0) is 15.7 Å². The van der Waals surface area contributed by atoms with E-state index in [-0.39, 0.29) is 35.7 Å². The molecule has 5 rings (SSSR count). The number of carbonyl (C=O) groups excluding carboxylic acids is 2. The van der Waals surface area contributed by atoms with Crippen LogP contribution in [0.15, 0.2) is 24.5 Å². The highest BCUT2D eigenvalue weighted by molar-refractivity contribution is 5.91. The minimum atomic E-state index is -4.47. The van der Waals surface area contributed by atoms with Crippen molar-refractivity contribution in [1.82, 2.24) is 20.2 Å². The van der Waals surface area contributed by atoms with Crippen molar-refractivity contribution in [3.8, 4) is 0 Å². The number of rotatable bonds is 7. The molecule has 0 bridgehead atoms. The van der Waals surface area contributed by atoms with Gasteiger partial charge in [-0.1, -0.05) is 0 Å². The molecule has 2 aromatic rings. The number of hydrogen-bond acceptors (Lipinski definition) is 7. The summed E-state index contributed by atoms with van der Waals surface area (Å²) in [6.07, 6.45) is 1.13. The van der Waals surface area contributed by atoms with E-state index in [2.05, 4.69) is 25.5 Å². The Morgan fingerprint density at radius 1 is 1.17 bits per heavy atom. The maximum atomic E-state index is 13.1. The van der Waals surface area contributed by atoms with E-state index in [0.717, 1.165) is 50.9 Å². The Labute approximate surface area is 200 Å². The van der Waals surface area contributed by atoms with E-state index < -0.39 is 11.7 Å². The smallest absolute Gasteiger partial charge is 0.416 e. The van der Waals surface area contributed by atoms with Crippen molar-refractivity contribution in [3.05, 3.63) is 30.1 Å². The highest BCUT2D eigenvalue weighted by atomic mass is 19.4. The van der Waals surface area contributed by atoms with Gasteiger partial charge in [0, 0.05) is 30.9 Å². The number of Topliss-reactive ketones (excluding diaryl/α,β-unsaturated/α-hetero) is 1. The Hall–Kier alpha value is -2.95. The molecular weight excluding hydrogens is 463 g/mol. The second-order valence-corrected chi connectivity index (χ2v) is 9.76. The molecule has 2 aliphatic heterocycles. The lowest BCUT2D eigenvalue weighted by Gasteiger charge is -2.47. The molecule has 1 aromatic carbocycles. The van der Waals surface area contributed by atoms with Crippen LogP contribution in [0.2, 0.25) is 0 Å². The lowest BCUT2D eigenvalue weighted by molar-refractivity contribution is -0.137. The number of nitrogens with zero attached hydrogens (tertiary/aromatic N) is 3. The van der Waals surface area contributed by atoms with E-state index in [1.165, 1.54) is 12.4 Å². The Kier molecular flexibility index (Phi) is 6.52. The van der Waals surface area contributed by atoms with Crippen LogP contribution in [0.3, 0.4) is 0 Å². The summed E-state index contributed by atoms with van der Waals surface area (Å²) in [6, 6.07) is 3.81. The van der Waals surface area contributed by atoms with E-state index in [1.807, 2.05) is 0 Å². The molecule has 3 heterocycles. The van der Waals surface area contributed by atoms with Gasteiger partial charge in [-0.3, -0.25) is 9.69 Å². The number of likely N-dealkylation sites (tertiary alicyclic amines) is 1. The van der Waals surface area contributed by atoms with Gasteiger partial charge in [0.05, 0.1) is 24.2 Å². The normalized spacial score (nSPS) is 25.7. The molecule has 188 valence electrons. The zero-order valence-electron chi connectivity index (χ0n) is 19.2. The number of anilines is 1. The molecule has 2 saturated heterocycles. The summed E-state index contributed by atoms with van der Waals surface area (Å²) in [5, 5.41) is 5.87. The first-order chi connectivity index (χ1) is 16.8. The maximum absolute atomic E-state index is 13.1. The lowest BCUT2D eigenvalue weighted by Crippen LogP contribution is -2.54. The number of halogens is 3. The minimum Gasteiger partial charge on any atom is -0.444 e. The topological polar surface area (TPSA) is 96.5 Å². The Bertz CT molecular complexity index is 1100. The Balaban J connectivity index is 1.07. The summed E-state index contributed by atoms with van der Waals surface area (Å²) in [4.78, 5) is 34.3. The van der Waals surface area contributed by atoms with Gasteiger partial charge in [-0.2, -0.15) is 13.2 Å². The van der Waals surface area contributed by atoms with Crippen LogP contribution in [0, 0.1) is 11.8 Å². The minimum absolute atomic E-state index is 0.00708. The predicted molar refractivity (Wildman–Crippen MR) is 122 cm³/mol. The van der Waals surface area contributed by atoms with Crippen molar-refractivity contribution >= 4 is 28.6 Å². The molecule has 11 heteroatoms. The highest BCUT2D eigenvalue weighted by Gasteiger charge is 2.38. The van der Waals surface area contributed by atoms with Crippen LogP contribution in [0.4, 0.5) is 23.8 Å². The van der Waals surface area contributed by atoms with Crippen molar-refractivity contribution in [2.45, 2.75) is 50.4 Å². The fraction of sp³-hybridized carbons (Fsp3) is 0.583. The number of cyclic esters (lactones) is 1. The molecule has 1 saturated carbocycles. The molecule has 3 fully saturated rings. The molecular formula is C24H28F3N5O3. The first-order valence-electron chi connectivity index (χ1n) is 12.0. The van der Waals surface area contributed by atoms with Gasteiger partial charge in [0.25, 0.3) is 0 Å². The first kappa shape index (κ1) is 23.8. The number of amides is 1. The van der Waals surface area contributed by atoms with E-state index in [9.17, 15) is 22.8 Å². The van der Waals surface area contributed by atoms with Gasteiger partial charge in [0.15, 0.2) is 5.78 Å². The van der Waals surface area contributed by atoms with Crippen molar-refractivity contribution in [1.29, 1.82) is 0 Å². The molecule has 3 aliphatic rings. The summed E-state index contributed by atoms with van der Waals surface area (Å²) < 4.78 is 44.6. The van der Waals surface area contributed by atoms with Gasteiger partial charge in [0.2, 0.25) is 0 Å². The van der Waals surface area contributed by atoms with E-state index >= 15 is 0 Å². The number of ether oxygens (including phenoxy) is 1. The van der Waals surface area contributed by atoms with Crippen LogP contribution in [0.5, 0.6) is 0 Å². The van der Waals surface area contributed by atoms with E-state index in [1.54, 1.807) is 0 Å². The number of benzene rings is 1. The third-order valence-electron chi connectivity index (χ3n) is 7.41. The molecule has 8 nitrogen and oxygen atoms in total. The molecule has 2 N–H and O–H groups in total. The van der Waals surface area contributed by atoms with Crippen LogP contribution in [-0.4, -0.2) is 65.1 Å². The average molecular weight is 492 g/mol. The largest absolute Gasteiger partial charge is 0.444 e. The number of nitrogens with one attached hydrogen (secondary N) is 2. The number of alkyl halides is 3. The quantitative estimate of drug-likeness (QED) is 0.611. The van der Waals surface area contributed by atoms with Gasteiger partial charge in [-0.05, 0) is 55.7 Å². The standard InChI is InChI=1S/C24H28F3N5O3/c25-24(26,27)16-3-6-20-19(8-16)22(31-13-30-20)28-9-18(33)7-14-11-32(12-14)17-4-1-15(2-5-17)21-10-29-23(34)35-21/h3,6,8,13-15,17,21H,1-2,4-5,7,9-12H2,(H,29,34)(H,28,30,31). The Morgan fingerprint density at radius 3 is 2.63 bits per heavy atom. The van der Waals surface area contributed by atoms with Gasteiger partial charge < -0.3 is 15.4 Å². The Morgan fingerprint density at radius 2 is 1.94 bits per heavy atom. The number of ketones is 1. The first-order valence-corrected chi connectivity index (χ1v) is 12.0. The van der Waals surface area contributed by atoms with Crippen molar-refractivity contribution in [3.63, 3.8) is 0 Å². The van der Waals surface area contributed by atoms with Gasteiger partial charge in [0.1, 0.15) is 18.2 Å². The predicted octanol–water partition coefficient (Wildman–Crippen LogP) is 3.62. The number of carbonyl (C=O) groups is 2. The van der Waals surface area contributed by atoms with Crippen molar-refractivity contribution in [2.75, 3.05) is 31.5 Å². The van der Waals surface area contributed by atoms with Gasteiger partial charge in [-0.25, -0.2) is 14.8 Å². The SMILES string of the molecule is O=C(CNc1ncnc2ccc(C(F)(F)F)cc12)CC1CN(C2CCC(C3CNC(=O)O3)CC2)C1. The molecule has 1 unspecified atom stereocenters. The third-order valence-corrected chi connectivity index (χ3v) is 7.41. The molecule has 0 radical (unpaired) electrons. The molecule has 0 spiro atoms.